The Hall–Kier alpha value is -1.87. The molecule has 0 aliphatic rings. The molecule has 0 aliphatic heterocycles. The van der Waals surface area contributed by atoms with Crippen LogP contribution < -0.4 is 5.63 Å². The summed E-state index contributed by atoms with van der Waals surface area (Å²) in [4.78, 5) is 11.6. The van der Waals surface area contributed by atoms with Gasteiger partial charge in [0.2, 0.25) is 0 Å². The molecule has 0 amide bonds. The Morgan fingerprint density at radius 2 is 2.12 bits per heavy atom. The Morgan fingerprint density at radius 1 is 1.38 bits per heavy atom. The molecule has 1 heterocycles. The van der Waals surface area contributed by atoms with Crippen molar-refractivity contribution in [2.75, 3.05) is 0 Å². The summed E-state index contributed by atoms with van der Waals surface area (Å²) in [6, 6.07) is 9.01. The average molecular weight is 216 g/mol. The number of rotatable bonds is 2. The third-order valence-corrected chi connectivity index (χ3v) is 2.23. The highest BCUT2D eigenvalue weighted by Gasteiger charge is 2.01. The highest BCUT2D eigenvalue weighted by molar-refractivity contribution is 5.82. The third-order valence-electron chi connectivity index (χ3n) is 2.23. The Labute approximate surface area is 92.6 Å². The number of benzene rings is 1. The predicted octanol–water partition coefficient (Wildman–Crippen LogP) is 2.19. The summed E-state index contributed by atoms with van der Waals surface area (Å²) in [5.41, 5.74) is -0.358. The van der Waals surface area contributed by atoms with Crippen LogP contribution in [0.2, 0.25) is 0 Å². The second-order valence-corrected chi connectivity index (χ2v) is 3.62. The maximum atomic E-state index is 11.6. The van der Waals surface area contributed by atoms with Crippen molar-refractivity contribution in [1.82, 2.24) is 0 Å². The molecule has 0 saturated heterocycles. The predicted molar refractivity (Wildman–Crippen MR) is 63.2 cm³/mol. The van der Waals surface area contributed by atoms with Gasteiger partial charge in [0.1, 0.15) is 5.76 Å². The number of hydrogen-bond donors (Lipinski definition) is 1. The number of hydrogen-bond acceptors (Lipinski definition) is 3. The molecule has 3 heteroatoms. The van der Waals surface area contributed by atoms with Crippen molar-refractivity contribution in [2.45, 2.75) is 13.0 Å². The smallest absolute Gasteiger partial charge is 0.344 e. The minimum absolute atomic E-state index is 0.358. The van der Waals surface area contributed by atoms with Crippen LogP contribution in [0.25, 0.3) is 16.8 Å². The van der Waals surface area contributed by atoms with Crippen LogP contribution in [0.1, 0.15) is 12.7 Å². The van der Waals surface area contributed by atoms with E-state index in [1.165, 1.54) is 0 Å². The highest BCUT2D eigenvalue weighted by atomic mass is 16.4. The van der Waals surface area contributed by atoms with Crippen LogP contribution in [0.15, 0.2) is 45.6 Å². The molecule has 2 aromatic rings. The van der Waals surface area contributed by atoms with Crippen LogP contribution in [0.4, 0.5) is 0 Å². The summed E-state index contributed by atoms with van der Waals surface area (Å²) in [6.07, 6.45) is 2.60. The van der Waals surface area contributed by atoms with E-state index in [0.717, 1.165) is 5.39 Å². The molecule has 16 heavy (non-hydrogen) atoms. The molecule has 1 atom stereocenters. The third kappa shape index (κ3) is 2.20. The van der Waals surface area contributed by atoms with E-state index in [0.29, 0.717) is 11.1 Å². The fourth-order valence-electron chi connectivity index (χ4n) is 1.47. The Bertz CT molecular complexity index is 579. The zero-order chi connectivity index (χ0) is 11.5. The quantitative estimate of drug-likeness (QED) is 0.837. The van der Waals surface area contributed by atoms with Crippen LogP contribution in [-0.2, 0) is 0 Å². The molecule has 1 aromatic carbocycles. The summed E-state index contributed by atoms with van der Waals surface area (Å²) in [5.74, 6) is 0.449. The molecule has 0 aliphatic carbocycles. The first-order valence-electron chi connectivity index (χ1n) is 5.06. The zero-order valence-electron chi connectivity index (χ0n) is 8.88. The van der Waals surface area contributed by atoms with E-state index in [-0.39, 0.29) is 5.63 Å². The molecule has 0 radical (unpaired) electrons. The normalized spacial score (nSPS) is 13.4. The van der Waals surface area contributed by atoms with Gasteiger partial charge in [0.25, 0.3) is 0 Å². The maximum absolute atomic E-state index is 11.6. The molecular formula is C13H12O3. The van der Waals surface area contributed by atoms with Gasteiger partial charge in [-0.25, -0.2) is 4.79 Å². The van der Waals surface area contributed by atoms with Gasteiger partial charge in [-0.2, -0.15) is 0 Å². The summed E-state index contributed by atoms with van der Waals surface area (Å²) >= 11 is 0. The largest absolute Gasteiger partial charge is 0.423 e. The minimum atomic E-state index is -0.559. The summed E-state index contributed by atoms with van der Waals surface area (Å²) in [7, 11) is 0. The van der Waals surface area contributed by atoms with Gasteiger partial charge in [-0.15, -0.1) is 0 Å². The van der Waals surface area contributed by atoms with Crippen LogP contribution in [0, 0.1) is 0 Å². The molecule has 1 unspecified atom stereocenters. The van der Waals surface area contributed by atoms with Gasteiger partial charge in [-0.3, -0.25) is 0 Å². The lowest BCUT2D eigenvalue weighted by Gasteiger charge is -1.98. The first kappa shape index (κ1) is 10.6. The lowest BCUT2D eigenvalue weighted by Crippen LogP contribution is -2.00. The van der Waals surface area contributed by atoms with E-state index >= 15 is 0 Å². The van der Waals surface area contributed by atoms with E-state index < -0.39 is 6.10 Å². The molecule has 1 aromatic heterocycles. The lowest BCUT2D eigenvalue weighted by molar-refractivity contribution is 0.245. The van der Waals surface area contributed by atoms with Crippen molar-refractivity contribution >= 4 is 16.8 Å². The van der Waals surface area contributed by atoms with E-state index in [9.17, 15) is 4.79 Å². The first-order valence-corrected chi connectivity index (χ1v) is 5.06. The molecule has 2 rings (SSSR count). The second-order valence-electron chi connectivity index (χ2n) is 3.62. The van der Waals surface area contributed by atoms with E-state index in [4.69, 9.17) is 9.52 Å². The summed E-state index contributed by atoms with van der Waals surface area (Å²) < 4.78 is 5.09. The van der Waals surface area contributed by atoms with Crippen molar-refractivity contribution in [3.63, 3.8) is 0 Å². The molecule has 0 saturated carbocycles. The molecule has 0 fully saturated rings. The van der Waals surface area contributed by atoms with Crippen molar-refractivity contribution in [1.29, 1.82) is 0 Å². The second kappa shape index (κ2) is 4.33. The number of aliphatic hydroxyl groups is 1. The van der Waals surface area contributed by atoms with Crippen LogP contribution in [0.3, 0.4) is 0 Å². The van der Waals surface area contributed by atoms with E-state index in [1.807, 2.05) is 12.1 Å². The highest BCUT2D eigenvalue weighted by Crippen LogP contribution is 2.12. The van der Waals surface area contributed by atoms with Crippen molar-refractivity contribution < 1.29 is 9.52 Å². The minimum Gasteiger partial charge on any atom is -0.423 e. The van der Waals surface area contributed by atoms with Gasteiger partial charge in [0, 0.05) is 0 Å². The molecule has 0 spiro atoms. The van der Waals surface area contributed by atoms with Gasteiger partial charge in [-0.05, 0) is 30.5 Å². The Kier molecular flexibility index (Phi) is 2.88. The van der Waals surface area contributed by atoms with Crippen molar-refractivity contribution in [2.24, 2.45) is 0 Å². The van der Waals surface area contributed by atoms with Gasteiger partial charge < -0.3 is 9.52 Å². The average Bonchev–Trinajstić information content (AvgIpc) is 2.26. The maximum Gasteiger partial charge on any atom is 0.344 e. The van der Waals surface area contributed by atoms with Crippen LogP contribution >= 0.6 is 0 Å². The van der Waals surface area contributed by atoms with Crippen LogP contribution in [0.5, 0.6) is 0 Å². The fraction of sp³-hybridized carbons (Fsp3) is 0.154. The van der Waals surface area contributed by atoms with E-state index in [2.05, 4.69) is 0 Å². The summed E-state index contributed by atoms with van der Waals surface area (Å²) in [5, 5.41) is 10.5. The van der Waals surface area contributed by atoms with Gasteiger partial charge in [-0.1, -0.05) is 24.3 Å². The van der Waals surface area contributed by atoms with Gasteiger partial charge >= 0.3 is 5.63 Å². The lowest BCUT2D eigenvalue weighted by atomic mass is 10.1. The molecular weight excluding hydrogens is 204 g/mol. The standard InChI is InChI=1S/C13H12O3/c1-9(14)6-7-11-8-10-4-2-3-5-12(10)13(15)16-11/h2-9,14H,1H3. The molecule has 82 valence electrons. The molecule has 3 nitrogen and oxygen atoms in total. The number of fused-ring (bicyclic) bond motifs is 1. The van der Waals surface area contributed by atoms with Crippen molar-refractivity contribution in [3.05, 3.63) is 52.6 Å². The van der Waals surface area contributed by atoms with Crippen LogP contribution in [-0.4, -0.2) is 11.2 Å². The first-order chi connectivity index (χ1) is 7.66. The van der Waals surface area contributed by atoms with Gasteiger partial charge in [0.15, 0.2) is 0 Å². The SMILES string of the molecule is CC(O)C=Cc1cc2ccccc2c(=O)o1. The summed E-state index contributed by atoms with van der Waals surface area (Å²) in [6.45, 7) is 1.63. The Morgan fingerprint density at radius 3 is 2.88 bits per heavy atom. The molecule has 0 bridgehead atoms. The monoisotopic (exact) mass is 216 g/mol. The zero-order valence-corrected chi connectivity index (χ0v) is 8.88. The number of aliphatic hydroxyl groups excluding tert-OH is 1. The Balaban J connectivity index is 2.54. The molecule has 1 N–H and O–H groups in total. The van der Waals surface area contributed by atoms with Gasteiger partial charge in [0.05, 0.1) is 11.5 Å². The fourth-order valence-corrected chi connectivity index (χ4v) is 1.47. The van der Waals surface area contributed by atoms with Crippen molar-refractivity contribution in [3.8, 4) is 0 Å². The topological polar surface area (TPSA) is 50.4 Å². The van der Waals surface area contributed by atoms with E-state index in [1.54, 1.807) is 37.3 Å².